The summed E-state index contributed by atoms with van der Waals surface area (Å²) < 4.78 is 37.5. The monoisotopic (exact) mass is 1200 g/mol. The first-order valence-electron chi connectivity index (χ1n) is 28.0. The Morgan fingerprint density at radius 1 is 0.500 bits per heavy atom. The van der Waals surface area contributed by atoms with Crippen molar-refractivity contribution in [2.75, 3.05) is 9.80 Å². The van der Waals surface area contributed by atoms with E-state index in [0.29, 0.717) is 5.75 Å². The van der Waals surface area contributed by atoms with Crippen LogP contribution in [0.4, 0.5) is 22.7 Å². The van der Waals surface area contributed by atoms with Crippen LogP contribution in [0.2, 0.25) is 0 Å². The first-order valence-corrected chi connectivity index (χ1v) is 26.5. The zero-order chi connectivity index (χ0) is 55.8. The maximum Gasteiger partial charge on any atom is 0.135 e. The topological polar surface area (TPSA) is 33.5 Å². The van der Waals surface area contributed by atoms with E-state index in [1.165, 1.54) is 11.1 Å². The Hall–Kier alpha value is -7.98. The van der Waals surface area contributed by atoms with Crippen LogP contribution in [0.3, 0.4) is 0 Å². The van der Waals surface area contributed by atoms with Crippen LogP contribution in [0.5, 0.6) is 11.5 Å². The molecular weight excluding hydrogens is 1130 g/mol. The third-order valence-corrected chi connectivity index (χ3v) is 14.8. The van der Waals surface area contributed by atoms with Crippen molar-refractivity contribution in [1.29, 1.82) is 0 Å². The molecule has 0 spiro atoms. The molecule has 0 saturated heterocycles. The number of rotatable bonds is 9. The van der Waals surface area contributed by atoms with Crippen molar-refractivity contribution in [2.24, 2.45) is 0 Å². The van der Waals surface area contributed by atoms with Crippen LogP contribution < -0.4 is 14.5 Å². The summed E-state index contributed by atoms with van der Waals surface area (Å²) in [6.45, 7) is 22.0. The molecule has 1 aliphatic heterocycles. The van der Waals surface area contributed by atoms with E-state index in [-0.39, 0.29) is 66.9 Å². The van der Waals surface area contributed by atoms with Gasteiger partial charge in [-0.25, -0.2) is 4.98 Å². The summed E-state index contributed by atoms with van der Waals surface area (Å²) in [4.78, 5) is 9.31. The van der Waals surface area contributed by atoms with E-state index in [4.69, 9.17) is 9.72 Å². The van der Waals surface area contributed by atoms with Gasteiger partial charge in [-0.2, -0.15) is 6.04 Å². The molecule has 2 aromatic heterocycles. The van der Waals surface area contributed by atoms with Gasteiger partial charge in [0.2, 0.25) is 0 Å². The second-order valence-corrected chi connectivity index (χ2v) is 23.2. The van der Waals surface area contributed by atoms with Crippen molar-refractivity contribution >= 4 is 44.6 Å². The van der Waals surface area contributed by atoms with Crippen molar-refractivity contribution < 1.29 is 29.9 Å². The van der Waals surface area contributed by atoms with Gasteiger partial charge in [-0.05, 0) is 87.6 Å². The number of benzene rings is 9. The third kappa shape index (κ3) is 9.75. The summed E-state index contributed by atoms with van der Waals surface area (Å²) in [6, 6.07) is 71.9. The third-order valence-electron chi connectivity index (χ3n) is 14.8. The van der Waals surface area contributed by atoms with Crippen molar-refractivity contribution in [3.05, 3.63) is 248 Å². The van der Waals surface area contributed by atoms with Gasteiger partial charge in [0, 0.05) is 79.4 Å². The average molecular weight is 1200 g/mol. The Labute approximate surface area is 479 Å². The van der Waals surface area contributed by atoms with E-state index >= 15 is 0 Å². The maximum atomic E-state index is 9.55. The SMILES string of the molecule is [2H]c1c(Oc2[c-]c3c(c(-c4ccc(C(C)(C)C)cc4)c2)c2ccccc2n3-c2cc(C(C)(C)C)c(-c3ccccc3)cn2)[c-]c(N2[CH-]N(c3c(-c4ccccc4)cccc3-c3ccc(C(C)(C)C)cc3)c3ccccc32)c([2H])c1[2H].[Pt]. The zero-order valence-corrected chi connectivity index (χ0v) is 47.8. The molecule has 390 valence electrons. The van der Waals surface area contributed by atoms with Gasteiger partial charge < -0.3 is 19.1 Å². The summed E-state index contributed by atoms with van der Waals surface area (Å²) in [5, 5.41) is 2.00. The Bertz CT molecular complexity index is 4160. The van der Waals surface area contributed by atoms with Gasteiger partial charge in [0.05, 0.1) is 0 Å². The maximum absolute atomic E-state index is 9.55. The number of hydrogen-bond acceptors (Lipinski definition) is 4. The fraction of sp³-hybridized carbons (Fsp3) is 0.167. The summed E-state index contributed by atoms with van der Waals surface area (Å²) >= 11 is 0. The molecule has 0 N–H and O–H groups in total. The van der Waals surface area contributed by atoms with Gasteiger partial charge >= 0.3 is 0 Å². The van der Waals surface area contributed by atoms with Gasteiger partial charge in [0.1, 0.15) is 5.82 Å². The Balaban J connectivity index is 0.00000690. The van der Waals surface area contributed by atoms with Crippen LogP contribution in [0, 0.1) is 18.8 Å². The van der Waals surface area contributed by atoms with Crippen molar-refractivity contribution in [2.45, 2.75) is 78.6 Å². The number of pyridine rings is 1. The fourth-order valence-electron chi connectivity index (χ4n) is 10.8. The van der Waals surface area contributed by atoms with E-state index in [1.54, 1.807) is 0 Å². The first-order chi connectivity index (χ1) is 38.3. The fourth-order valence-corrected chi connectivity index (χ4v) is 10.8. The zero-order valence-electron chi connectivity index (χ0n) is 48.6. The second-order valence-electron chi connectivity index (χ2n) is 23.2. The predicted molar refractivity (Wildman–Crippen MR) is 322 cm³/mol. The van der Waals surface area contributed by atoms with E-state index in [0.717, 1.165) is 94.8 Å². The molecular formula is C72H63N4OPt-3. The number of nitrogens with zero attached hydrogens (tertiary/aromatic N) is 4. The summed E-state index contributed by atoms with van der Waals surface area (Å²) in [7, 11) is 0. The number of anilines is 4. The van der Waals surface area contributed by atoms with Crippen molar-refractivity contribution in [1.82, 2.24) is 9.55 Å². The minimum absolute atomic E-state index is 0. The molecule has 0 atom stereocenters. The molecule has 0 fully saturated rings. The van der Waals surface area contributed by atoms with Gasteiger partial charge in [0.25, 0.3) is 0 Å². The molecule has 11 aromatic rings. The van der Waals surface area contributed by atoms with Crippen molar-refractivity contribution in [3.63, 3.8) is 0 Å². The van der Waals surface area contributed by atoms with E-state index in [1.807, 2.05) is 54.2 Å². The minimum Gasteiger partial charge on any atom is -0.509 e. The predicted octanol–water partition coefficient (Wildman–Crippen LogP) is 19.5. The second kappa shape index (κ2) is 20.4. The molecule has 1 aliphatic rings. The number of hydrogen-bond donors (Lipinski definition) is 0. The summed E-state index contributed by atoms with van der Waals surface area (Å²) in [5.41, 5.74) is 16.2. The number of fused-ring (bicyclic) bond motifs is 4. The molecule has 5 nitrogen and oxygen atoms in total. The summed E-state index contributed by atoms with van der Waals surface area (Å²) in [5.74, 6) is 1.06. The van der Waals surface area contributed by atoms with Crippen molar-refractivity contribution in [3.8, 4) is 61.8 Å². The average Bonchev–Trinajstić information content (AvgIpc) is 4.26. The number of aromatic nitrogens is 2. The van der Waals surface area contributed by atoms with Gasteiger partial charge in [-0.15, -0.1) is 48.2 Å². The smallest absolute Gasteiger partial charge is 0.135 e. The molecule has 12 rings (SSSR count). The number of ether oxygens (including phenoxy) is 1. The van der Waals surface area contributed by atoms with Crippen LogP contribution in [0.25, 0.3) is 72.1 Å². The quantitative estimate of drug-likeness (QED) is 0.135. The molecule has 0 radical (unpaired) electrons. The standard InChI is InChI=1S/C72H63N4O.Pt/c1-70(2,3)52-38-34-50(35-39-52)58-30-21-29-57(48-22-12-10-13-23-48)69(58)75-47-74(64-32-18-19-33-65(64)75)54-26-20-27-55(42-54)77-56-43-60(51-36-40-53(41-37-51)71(4,5)6)68-59-28-16-17-31-63(59)76(66(68)44-56)67-45-62(72(7,8)9)61(46-73-67)49-24-14-11-15-25-49;/h10-41,43,45-47H,1-9H3;/q-3;/i20D,26D,27D;. The molecule has 6 heteroatoms. The normalized spacial score (nSPS) is 13.3. The van der Waals surface area contributed by atoms with Gasteiger partial charge in [0.15, 0.2) is 0 Å². The van der Waals surface area contributed by atoms with Crippen LogP contribution >= 0.6 is 0 Å². The Kier molecular flexibility index (Phi) is 12.7. The molecule has 0 saturated carbocycles. The molecule has 3 heterocycles. The summed E-state index contributed by atoms with van der Waals surface area (Å²) in [6.07, 6.45) is 1.99. The number of para-hydroxylation sites is 4. The molecule has 9 aromatic carbocycles. The molecule has 0 bridgehead atoms. The van der Waals surface area contributed by atoms with E-state index < -0.39 is 0 Å². The van der Waals surface area contributed by atoms with Gasteiger partial charge in [-0.3, -0.25) is 0 Å². The van der Waals surface area contributed by atoms with E-state index in [9.17, 15) is 4.11 Å². The largest absolute Gasteiger partial charge is 0.509 e. The molecule has 0 amide bonds. The van der Waals surface area contributed by atoms with Crippen LogP contribution in [-0.2, 0) is 37.3 Å². The van der Waals surface area contributed by atoms with E-state index in [2.05, 4.69) is 236 Å². The minimum atomic E-state index is -0.284. The van der Waals surface area contributed by atoms with Gasteiger partial charge in [-0.1, -0.05) is 231 Å². The first kappa shape index (κ1) is 48.4. The van der Waals surface area contributed by atoms with Crippen LogP contribution in [0.1, 0.15) is 83.1 Å². The van der Waals surface area contributed by atoms with Crippen LogP contribution in [0.15, 0.2) is 212 Å². The Morgan fingerprint density at radius 2 is 1.04 bits per heavy atom. The molecule has 0 unspecified atom stereocenters. The molecule has 78 heavy (non-hydrogen) atoms. The van der Waals surface area contributed by atoms with Crippen LogP contribution in [-0.4, -0.2) is 9.55 Å². The molecule has 0 aliphatic carbocycles. The Morgan fingerprint density at radius 3 is 1.64 bits per heavy atom.